The van der Waals surface area contributed by atoms with Crippen LogP contribution in [0.5, 0.6) is 0 Å². The molecule has 0 bridgehead atoms. The molecule has 0 atom stereocenters. The van der Waals surface area contributed by atoms with Crippen molar-refractivity contribution < 1.29 is 4.39 Å². The van der Waals surface area contributed by atoms with E-state index in [-0.39, 0.29) is 29.8 Å². The topological polar surface area (TPSA) is 58.3 Å². The Morgan fingerprint density at radius 1 is 1.14 bits per heavy atom. The fourth-order valence-corrected chi connectivity index (χ4v) is 2.79. The number of halogens is 2. The highest BCUT2D eigenvalue weighted by Crippen LogP contribution is 2.09. The lowest BCUT2D eigenvalue weighted by molar-refractivity contribution is 0.476. The average Bonchev–Trinajstić information content (AvgIpc) is 3.10. The minimum absolute atomic E-state index is 0. The third kappa shape index (κ3) is 5.51. The second-order valence-electron chi connectivity index (χ2n) is 6.25. The lowest BCUT2D eigenvalue weighted by atomic mass is 10.2. The Kier molecular flexibility index (Phi) is 7.91. The molecule has 1 N–H and O–H groups in total. The molecule has 2 heterocycles. The van der Waals surface area contributed by atoms with Crippen LogP contribution in [-0.4, -0.2) is 39.5 Å². The van der Waals surface area contributed by atoms with E-state index in [2.05, 4.69) is 20.3 Å². The highest BCUT2D eigenvalue weighted by molar-refractivity contribution is 14.0. The molecule has 1 aromatic carbocycles. The number of benzene rings is 1. The van der Waals surface area contributed by atoms with Gasteiger partial charge >= 0.3 is 0 Å². The zero-order chi connectivity index (χ0) is 19.2. The van der Waals surface area contributed by atoms with Crippen LogP contribution < -0.4 is 5.32 Å². The second-order valence-corrected chi connectivity index (χ2v) is 6.25. The molecule has 148 valence electrons. The standard InChI is InChI=1S/C20H23FN6.HI/c1-15-23-10-11-27(15)19-9-6-17(12-24-19)13-25-20(22-2)26(3)14-16-4-7-18(21)8-5-16;/h4-12H,13-14H2,1-3H3,(H,22,25);1H. The van der Waals surface area contributed by atoms with E-state index in [1.165, 1.54) is 12.1 Å². The highest BCUT2D eigenvalue weighted by atomic mass is 127. The van der Waals surface area contributed by atoms with Gasteiger partial charge in [0.15, 0.2) is 5.96 Å². The summed E-state index contributed by atoms with van der Waals surface area (Å²) in [5.41, 5.74) is 2.07. The summed E-state index contributed by atoms with van der Waals surface area (Å²) < 4.78 is 15.0. The van der Waals surface area contributed by atoms with Gasteiger partial charge in [-0.2, -0.15) is 0 Å². The molecular formula is C20H24FIN6. The number of pyridine rings is 1. The molecule has 3 aromatic rings. The summed E-state index contributed by atoms with van der Waals surface area (Å²) >= 11 is 0. The zero-order valence-corrected chi connectivity index (χ0v) is 18.5. The van der Waals surface area contributed by atoms with Gasteiger partial charge in [0, 0.05) is 45.8 Å². The largest absolute Gasteiger partial charge is 0.352 e. The van der Waals surface area contributed by atoms with Crippen molar-refractivity contribution in [1.82, 2.24) is 24.8 Å². The van der Waals surface area contributed by atoms with Gasteiger partial charge in [0.25, 0.3) is 0 Å². The Morgan fingerprint density at radius 2 is 1.86 bits per heavy atom. The van der Waals surface area contributed by atoms with Crippen molar-refractivity contribution in [2.24, 2.45) is 4.99 Å². The van der Waals surface area contributed by atoms with Crippen molar-refractivity contribution in [3.05, 3.63) is 77.8 Å². The van der Waals surface area contributed by atoms with E-state index in [1.807, 2.05) is 48.0 Å². The average molecular weight is 494 g/mol. The molecule has 0 aliphatic heterocycles. The summed E-state index contributed by atoms with van der Waals surface area (Å²) in [5, 5.41) is 3.33. The molecule has 0 radical (unpaired) electrons. The lowest BCUT2D eigenvalue weighted by Gasteiger charge is -2.22. The summed E-state index contributed by atoms with van der Waals surface area (Å²) in [6.45, 7) is 3.19. The van der Waals surface area contributed by atoms with Crippen molar-refractivity contribution in [3.8, 4) is 5.82 Å². The number of imidazole rings is 1. The third-order valence-corrected chi connectivity index (χ3v) is 4.24. The van der Waals surface area contributed by atoms with Crippen molar-refractivity contribution in [2.45, 2.75) is 20.0 Å². The Balaban J connectivity index is 0.00000280. The Bertz CT molecular complexity index is 905. The minimum Gasteiger partial charge on any atom is -0.352 e. The van der Waals surface area contributed by atoms with Crippen molar-refractivity contribution in [3.63, 3.8) is 0 Å². The molecule has 3 rings (SSSR count). The van der Waals surface area contributed by atoms with Gasteiger partial charge in [0.05, 0.1) is 0 Å². The number of aryl methyl sites for hydroxylation is 1. The SMILES string of the molecule is CN=C(NCc1ccc(-n2ccnc2C)nc1)N(C)Cc1ccc(F)cc1.I. The molecule has 2 aromatic heterocycles. The molecule has 0 spiro atoms. The number of nitrogens with one attached hydrogen (secondary N) is 1. The predicted octanol–water partition coefficient (Wildman–Crippen LogP) is 3.54. The van der Waals surface area contributed by atoms with E-state index in [0.717, 1.165) is 28.7 Å². The summed E-state index contributed by atoms with van der Waals surface area (Å²) in [4.78, 5) is 15.0. The maximum atomic E-state index is 13.0. The zero-order valence-electron chi connectivity index (χ0n) is 16.1. The molecule has 6 nitrogen and oxygen atoms in total. The van der Waals surface area contributed by atoms with Crippen LogP contribution >= 0.6 is 24.0 Å². The van der Waals surface area contributed by atoms with E-state index in [1.54, 1.807) is 25.4 Å². The normalized spacial score (nSPS) is 11.1. The maximum absolute atomic E-state index is 13.0. The van der Waals surface area contributed by atoms with E-state index < -0.39 is 0 Å². The first-order valence-electron chi connectivity index (χ1n) is 8.68. The summed E-state index contributed by atoms with van der Waals surface area (Å²) in [6.07, 6.45) is 5.49. The molecule has 0 aliphatic rings. The van der Waals surface area contributed by atoms with Gasteiger partial charge in [-0.05, 0) is 36.2 Å². The van der Waals surface area contributed by atoms with Crippen molar-refractivity contribution in [2.75, 3.05) is 14.1 Å². The molecule has 0 saturated carbocycles. The van der Waals surface area contributed by atoms with Gasteiger partial charge in [-0.1, -0.05) is 18.2 Å². The Hall–Kier alpha value is -2.49. The smallest absolute Gasteiger partial charge is 0.193 e. The van der Waals surface area contributed by atoms with Crippen LogP contribution in [0.4, 0.5) is 4.39 Å². The molecular weight excluding hydrogens is 470 g/mol. The third-order valence-electron chi connectivity index (χ3n) is 4.24. The van der Waals surface area contributed by atoms with E-state index in [0.29, 0.717) is 13.1 Å². The fourth-order valence-electron chi connectivity index (χ4n) is 2.79. The molecule has 0 fully saturated rings. The summed E-state index contributed by atoms with van der Waals surface area (Å²) in [6, 6.07) is 10.5. The van der Waals surface area contributed by atoms with Crippen LogP contribution in [0.1, 0.15) is 17.0 Å². The molecule has 0 amide bonds. The second kappa shape index (κ2) is 10.2. The number of rotatable bonds is 5. The monoisotopic (exact) mass is 494 g/mol. The molecule has 0 saturated heterocycles. The van der Waals surface area contributed by atoms with Crippen LogP contribution in [0.25, 0.3) is 5.82 Å². The maximum Gasteiger partial charge on any atom is 0.193 e. The Labute approximate surface area is 181 Å². The van der Waals surface area contributed by atoms with Gasteiger partial charge in [0.1, 0.15) is 17.5 Å². The van der Waals surface area contributed by atoms with Gasteiger partial charge in [-0.25, -0.2) is 14.4 Å². The van der Waals surface area contributed by atoms with Crippen LogP contribution in [-0.2, 0) is 13.1 Å². The molecule has 8 heteroatoms. The number of hydrogen-bond acceptors (Lipinski definition) is 3. The van der Waals surface area contributed by atoms with E-state index in [9.17, 15) is 4.39 Å². The number of hydrogen-bond donors (Lipinski definition) is 1. The number of aromatic nitrogens is 3. The predicted molar refractivity (Wildman–Crippen MR) is 120 cm³/mol. The first kappa shape index (κ1) is 21.8. The number of nitrogens with zero attached hydrogens (tertiary/aromatic N) is 5. The first-order chi connectivity index (χ1) is 13.1. The quantitative estimate of drug-likeness (QED) is 0.335. The van der Waals surface area contributed by atoms with Gasteiger partial charge < -0.3 is 10.2 Å². The fraction of sp³-hybridized carbons (Fsp3) is 0.250. The molecule has 0 aliphatic carbocycles. The number of aliphatic imine (C=N–C) groups is 1. The first-order valence-corrected chi connectivity index (χ1v) is 8.68. The molecule has 0 unspecified atom stereocenters. The van der Waals surface area contributed by atoms with E-state index >= 15 is 0 Å². The van der Waals surface area contributed by atoms with Crippen LogP contribution in [0.2, 0.25) is 0 Å². The Morgan fingerprint density at radius 3 is 2.43 bits per heavy atom. The lowest BCUT2D eigenvalue weighted by Crippen LogP contribution is -2.38. The summed E-state index contributed by atoms with van der Waals surface area (Å²) in [5.74, 6) is 2.27. The summed E-state index contributed by atoms with van der Waals surface area (Å²) in [7, 11) is 3.69. The van der Waals surface area contributed by atoms with Crippen LogP contribution in [0.15, 0.2) is 60.0 Å². The molecule has 28 heavy (non-hydrogen) atoms. The van der Waals surface area contributed by atoms with Crippen LogP contribution in [0.3, 0.4) is 0 Å². The number of guanidine groups is 1. The van der Waals surface area contributed by atoms with Gasteiger partial charge in [-0.15, -0.1) is 24.0 Å². The van der Waals surface area contributed by atoms with Gasteiger partial charge in [-0.3, -0.25) is 9.56 Å². The minimum atomic E-state index is -0.231. The van der Waals surface area contributed by atoms with E-state index in [4.69, 9.17) is 0 Å². The van der Waals surface area contributed by atoms with Crippen molar-refractivity contribution >= 4 is 29.9 Å². The van der Waals surface area contributed by atoms with Crippen molar-refractivity contribution in [1.29, 1.82) is 0 Å². The van der Waals surface area contributed by atoms with Gasteiger partial charge in [0.2, 0.25) is 0 Å². The van der Waals surface area contributed by atoms with Crippen LogP contribution in [0, 0.1) is 12.7 Å². The highest BCUT2D eigenvalue weighted by Gasteiger charge is 2.08.